The molecule has 1 unspecified atom stereocenters. The summed E-state index contributed by atoms with van der Waals surface area (Å²) in [5.41, 5.74) is 7.47. The maximum Gasteiger partial charge on any atom is 0.407 e. The molecular formula is C16H26N2O3. The van der Waals surface area contributed by atoms with Crippen LogP contribution in [-0.4, -0.2) is 31.9 Å². The topological polar surface area (TPSA) is 73.6 Å². The number of benzene rings is 1. The molecule has 0 aliphatic heterocycles. The summed E-state index contributed by atoms with van der Waals surface area (Å²) < 4.78 is 10.6. The standard InChI is InChI=1S/C16H26N2O3/c1-11-7-6-8-13(20-5)14(11)12(9-17)10-18-15(19)21-16(2,3)4/h6-8,12H,9-10,17H2,1-5H3,(H,18,19). The lowest BCUT2D eigenvalue weighted by Gasteiger charge is -2.23. The van der Waals surface area contributed by atoms with E-state index >= 15 is 0 Å². The van der Waals surface area contributed by atoms with Crippen LogP contribution in [0.5, 0.6) is 5.75 Å². The lowest BCUT2D eigenvalue weighted by atomic mass is 9.93. The third-order valence-electron chi connectivity index (χ3n) is 3.09. The predicted octanol–water partition coefficient (Wildman–Crippen LogP) is 2.57. The number of hydrogen-bond donors (Lipinski definition) is 2. The fraction of sp³-hybridized carbons (Fsp3) is 0.562. The van der Waals surface area contributed by atoms with Crippen LogP contribution in [0.3, 0.4) is 0 Å². The van der Waals surface area contributed by atoms with Gasteiger partial charge in [0.25, 0.3) is 0 Å². The number of methoxy groups -OCH3 is 1. The quantitative estimate of drug-likeness (QED) is 0.875. The number of nitrogens with one attached hydrogen (secondary N) is 1. The highest BCUT2D eigenvalue weighted by molar-refractivity contribution is 5.67. The van der Waals surface area contributed by atoms with Crippen molar-refractivity contribution in [2.24, 2.45) is 5.73 Å². The molecule has 0 spiro atoms. The van der Waals surface area contributed by atoms with E-state index in [9.17, 15) is 4.79 Å². The first-order chi connectivity index (χ1) is 9.78. The molecule has 0 heterocycles. The number of alkyl carbamates (subject to hydrolysis) is 1. The third-order valence-corrected chi connectivity index (χ3v) is 3.09. The normalized spacial score (nSPS) is 12.7. The van der Waals surface area contributed by atoms with E-state index in [0.717, 1.165) is 16.9 Å². The molecule has 0 aliphatic carbocycles. The fourth-order valence-electron chi connectivity index (χ4n) is 2.18. The summed E-state index contributed by atoms with van der Waals surface area (Å²) in [6, 6.07) is 5.85. The van der Waals surface area contributed by atoms with E-state index in [-0.39, 0.29) is 5.92 Å². The molecule has 118 valence electrons. The van der Waals surface area contributed by atoms with Crippen molar-refractivity contribution in [3.8, 4) is 5.75 Å². The summed E-state index contributed by atoms with van der Waals surface area (Å²) >= 11 is 0. The molecule has 1 aromatic carbocycles. The molecular weight excluding hydrogens is 268 g/mol. The lowest BCUT2D eigenvalue weighted by Crippen LogP contribution is -2.36. The molecule has 0 saturated carbocycles. The summed E-state index contributed by atoms with van der Waals surface area (Å²) in [4.78, 5) is 11.7. The maximum absolute atomic E-state index is 11.7. The van der Waals surface area contributed by atoms with Gasteiger partial charge in [-0.2, -0.15) is 0 Å². The second-order valence-electron chi connectivity index (χ2n) is 6.01. The van der Waals surface area contributed by atoms with Gasteiger partial charge >= 0.3 is 6.09 Å². The maximum atomic E-state index is 11.7. The molecule has 0 fully saturated rings. The van der Waals surface area contributed by atoms with Gasteiger partial charge in [-0.25, -0.2) is 4.79 Å². The summed E-state index contributed by atoms with van der Waals surface area (Å²) in [6.45, 7) is 8.32. The van der Waals surface area contributed by atoms with Crippen LogP contribution < -0.4 is 15.8 Å². The van der Waals surface area contributed by atoms with E-state index in [1.165, 1.54) is 0 Å². The summed E-state index contributed by atoms with van der Waals surface area (Å²) in [6.07, 6.45) is -0.437. The SMILES string of the molecule is COc1cccc(C)c1C(CN)CNC(=O)OC(C)(C)C. The number of ether oxygens (including phenoxy) is 2. The number of amides is 1. The molecule has 5 nitrogen and oxygen atoms in total. The van der Waals surface area contributed by atoms with Crippen LogP contribution in [0.4, 0.5) is 4.79 Å². The van der Waals surface area contributed by atoms with Crippen LogP contribution in [0.15, 0.2) is 18.2 Å². The van der Waals surface area contributed by atoms with Gasteiger partial charge in [0.2, 0.25) is 0 Å². The molecule has 1 amide bonds. The first kappa shape index (κ1) is 17.3. The third kappa shape index (κ3) is 5.27. The second kappa shape index (κ2) is 7.31. The predicted molar refractivity (Wildman–Crippen MR) is 83.8 cm³/mol. The zero-order valence-electron chi connectivity index (χ0n) is 13.5. The van der Waals surface area contributed by atoms with Crippen LogP contribution in [0.2, 0.25) is 0 Å². The van der Waals surface area contributed by atoms with Crippen LogP contribution in [-0.2, 0) is 4.74 Å². The fourth-order valence-corrected chi connectivity index (χ4v) is 2.18. The Balaban J connectivity index is 2.79. The average Bonchev–Trinajstić information content (AvgIpc) is 2.38. The van der Waals surface area contributed by atoms with Crippen molar-refractivity contribution in [3.05, 3.63) is 29.3 Å². The van der Waals surface area contributed by atoms with Crippen LogP contribution in [0, 0.1) is 6.92 Å². The second-order valence-corrected chi connectivity index (χ2v) is 6.01. The number of hydrogen-bond acceptors (Lipinski definition) is 4. The molecule has 5 heteroatoms. The highest BCUT2D eigenvalue weighted by Gasteiger charge is 2.20. The monoisotopic (exact) mass is 294 g/mol. The number of carbonyl (C=O) groups excluding carboxylic acids is 1. The van der Waals surface area contributed by atoms with E-state index in [2.05, 4.69) is 5.32 Å². The molecule has 21 heavy (non-hydrogen) atoms. The number of rotatable bonds is 5. The Morgan fingerprint density at radius 3 is 2.57 bits per heavy atom. The van der Waals surface area contributed by atoms with Gasteiger partial charge in [-0.05, 0) is 39.3 Å². The highest BCUT2D eigenvalue weighted by Crippen LogP contribution is 2.29. The van der Waals surface area contributed by atoms with Crippen molar-refractivity contribution in [2.75, 3.05) is 20.2 Å². The van der Waals surface area contributed by atoms with Crippen molar-refractivity contribution in [3.63, 3.8) is 0 Å². The average molecular weight is 294 g/mol. The molecule has 0 radical (unpaired) electrons. The highest BCUT2D eigenvalue weighted by atomic mass is 16.6. The largest absolute Gasteiger partial charge is 0.496 e. The minimum atomic E-state index is -0.511. The molecule has 0 aromatic heterocycles. The van der Waals surface area contributed by atoms with Gasteiger partial charge in [0.15, 0.2) is 0 Å². The first-order valence-corrected chi connectivity index (χ1v) is 7.09. The van der Waals surface area contributed by atoms with Gasteiger partial charge in [0.05, 0.1) is 7.11 Å². The van der Waals surface area contributed by atoms with E-state index in [1.54, 1.807) is 7.11 Å². The Hall–Kier alpha value is -1.75. The molecule has 0 aliphatic rings. The van der Waals surface area contributed by atoms with Gasteiger partial charge in [-0.15, -0.1) is 0 Å². The van der Waals surface area contributed by atoms with Crippen molar-refractivity contribution < 1.29 is 14.3 Å². The molecule has 3 N–H and O–H groups in total. The van der Waals surface area contributed by atoms with Crippen molar-refractivity contribution in [2.45, 2.75) is 39.2 Å². The zero-order chi connectivity index (χ0) is 16.0. The number of aryl methyl sites for hydroxylation is 1. The molecule has 1 aromatic rings. The minimum Gasteiger partial charge on any atom is -0.496 e. The van der Waals surface area contributed by atoms with Crippen LogP contribution in [0.25, 0.3) is 0 Å². The van der Waals surface area contributed by atoms with Gasteiger partial charge in [0.1, 0.15) is 11.4 Å². The molecule has 0 saturated heterocycles. The molecule has 1 atom stereocenters. The Morgan fingerprint density at radius 2 is 2.05 bits per heavy atom. The molecule has 0 bridgehead atoms. The first-order valence-electron chi connectivity index (χ1n) is 7.09. The zero-order valence-corrected chi connectivity index (χ0v) is 13.5. The smallest absolute Gasteiger partial charge is 0.407 e. The Morgan fingerprint density at radius 1 is 1.38 bits per heavy atom. The van der Waals surface area contributed by atoms with Gasteiger partial charge in [-0.1, -0.05) is 12.1 Å². The minimum absolute atomic E-state index is 0.0198. The van der Waals surface area contributed by atoms with Crippen LogP contribution in [0.1, 0.15) is 37.8 Å². The van der Waals surface area contributed by atoms with Crippen LogP contribution >= 0.6 is 0 Å². The summed E-state index contributed by atoms with van der Waals surface area (Å²) in [5, 5.41) is 2.77. The number of nitrogens with two attached hydrogens (primary N) is 1. The van der Waals surface area contributed by atoms with Gasteiger partial charge < -0.3 is 20.5 Å². The Kier molecular flexibility index (Phi) is 6.03. The van der Waals surface area contributed by atoms with E-state index in [0.29, 0.717) is 13.1 Å². The van der Waals surface area contributed by atoms with Crippen molar-refractivity contribution >= 4 is 6.09 Å². The summed E-state index contributed by atoms with van der Waals surface area (Å²) in [7, 11) is 1.63. The van der Waals surface area contributed by atoms with E-state index in [1.807, 2.05) is 45.9 Å². The Bertz CT molecular complexity index is 481. The van der Waals surface area contributed by atoms with Crippen molar-refractivity contribution in [1.29, 1.82) is 0 Å². The lowest BCUT2D eigenvalue weighted by molar-refractivity contribution is 0.0524. The Labute approximate surface area is 126 Å². The van der Waals surface area contributed by atoms with Gasteiger partial charge in [0, 0.05) is 24.6 Å². The van der Waals surface area contributed by atoms with Crippen molar-refractivity contribution in [1.82, 2.24) is 5.32 Å². The van der Waals surface area contributed by atoms with E-state index < -0.39 is 11.7 Å². The van der Waals surface area contributed by atoms with Gasteiger partial charge in [-0.3, -0.25) is 0 Å². The molecule has 1 rings (SSSR count). The van der Waals surface area contributed by atoms with E-state index in [4.69, 9.17) is 15.2 Å². The number of carbonyl (C=O) groups is 1. The summed E-state index contributed by atoms with van der Waals surface area (Å²) in [5.74, 6) is 0.769.